The van der Waals surface area contributed by atoms with Gasteiger partial charge in [0, 0.05) is 20.2 Å². The van der Waals surface area contributed by atoms with Crippen molar-refractivity contribution in [3.05, 3.63) is 16.0 Å². The van der Waals surface area contributed by atoms with Crippen molar-refractivity contribution in [2.24, 2.45) is 0 Å². The van der Waals surface area contributed by atoms with Crippen LogP contribution >= 0.6 is 27.5 Å². The molecule has 1 aromatic heterocycles. The zero-order valence-electron chi connectivity index (χ0n) is 8.50. The van der Waals surface area contributed by atoms with Gasteiger partial charge < -0.3 is 9.64 Å². The van der Waals surface area contributed by atoms with Gasteiger partial charge in [0.05, 0.1) is 10.1 Å². The first-order valence-electron chi connectivity index (χ1n) is 4.52. The molecule has 0 bridgehead atoms. The number of methoxy groups -OCH3 is 1. The summed E-state index contributed by atoms with van der Waals surface area (Å²) in [6, 6.07) is 0. The van der Waals surface area contributed by atoms with Crippen LogP contribution in [-0.4, -0.2) is 35.8 Å². The van der Waals surface area contributed by atoms with Gasteiger partial charge in [0.25, 0.3) is 0 Å². The fourth-order valence-electron chi connectivity index (χ4n) is 1.60. The first-order valence-corrected chi connectivity index (χ1v) is 5.69. The summed E-state index contributed by atoms with van der Waals surface area (Å²) in [5, 5.41) is 0.436. The summed E-state index contributed by atoms with van der Waals surface area (Å²) < 4.78 is 6.10. The molecule has 4 nitrogen and oxygen atoms in total. The molecule has 82 valence electrons. The lowest BCUT2D eigenvalue weighted by Gasteiger charge is -2.47. The SMILES string of the molecule is COC1(C)CN(c2ncnc(Cl)c2Br)C1. The number of rotatable bonds is 2. The normalized spacial score (nSPS) is 18.8. The van der Waals surface area contributed by atoms with Crippen molar-refractivity contribution in [1.29, 1.82) is 0 Å². The summed E-state index contributed by atoms with van der Waals surface area (Å²) in [7, 11) is 1.72. The number of ether oxygens (including phenoxy) is 1. The van der Waals surface area contributed by atoms with Crippen LogP contribution in [0.15, 0.2) is 10.8 Å². The van der Waals surface area contributed by atoms with Gasteiger partial charge >= 0.3 is 0 Å². The Morgan fingerprint density at radius 2 is 2.20 bits per heavy atom. The van der Waals surface area contributed by atoms with Crippen molar-refractivity contribution in [1.82, 2.24) is 9.97 Å². The minimum absolute atomic E-state index is 0.0726. The van der Waals surface area contributed by atoms with E-state index in [2.05, 4.69) is 37.7 Å². The molecule has 0 saturated carbocycles. The number of halogens is 2. The van der Waals surface area contributed by atoms with Crippen LogP contribution in [0.1, 0.15) is 6.92 Å². The number of anilines is 1. The Kier molecular flexibility index (Phi) is 2.87. The molecule has 1 saturated heterocycles. The minimum atomic E-state index is -0.0726. The predicted octanol–water partition coefficient (Wildman–Crippen LogP) is 2.12. The van der Waals surface area contributed by atoms with E-state index in [1.54, 1.807) is 7.11 Å². The molecule has 2 heterocycles. The van der Waals surface area contributed by atoms with Gasteiger partial charge in [0.15, 0.2) is 0 Å². The standard InChI is InChI=1S/C9H11BrClN3O/c1-9(15-2)3-14(4-9)8-6(10)7(11)12-5-13-8/h5H,3-4H2,1-2H3. The van der Waals surface area contributed by atoms with Gasteiger partial charge in [-0.1, -0.05) is 11.6 Å². The molecule has 6 heteroatoms. The second kappa shape index (κ2) is 3.88. The van der Waals surface area contributed by atoms with Crippen molar-refractivity contribution in [2.45, 2.75) is 12.5 Å². The lowest BCUT2D eigenvalue weighted by Crippen LogP contribution is -2.61. The lowest BCUT2D eigenvalue weighted by atomic mass is 9.97. The van der Waals surface area contributed by atoms with Gasteiger partial charge in [0.1, 0.15) is 17.3 Å². The molecule has 0 amide bonds. The van der Waals surface area contributed by atoms with Gasteiger partial charge in [-0.2, -0.15) is 0 Å². The summed E-state index contributed by atoms with van der Waals surface area (Å²) in [6.45, 7) is 3.70. The van der Waals surface area contributed by atoms with Crippen LogP contribution in [0.5, 0.6) is 0 Å². The summed E-state index contributed by atoms with van der Waals surface area (Å²) in [6.07, 6.45) is 1.46. The molecule has 1 aromatic rings. The van der Waals surface area contributed by atoms with E-state index in [0.29, 0.717) is 5.15 Å². The van der Waals surface area contributed by atoms with E-state index in [-0.39, 0.29) is 5.60 Å². The highest BCUT2D eigenvalue weighted by Crippen LogP contribution is 2.35. The van der Waals surface area contributed by atoms with Crippen LogP contribution in [-0.2, 0) is 4.74 Å². The van der Waals surface area contributed by atoms with Crippen molar-refractivity contribution >= 4 is 33.3 Å². The van der Waals surface area contributed by atoms with E-state index in [1.165, 1.54) is 6.33 Å². The molecule has 15 heavy (non-hydrogen) atoms. The molecule has 0 radical (unpaired) electrons. The first kappa shape index (κ1) is 11.1. The van der Waals surface area contributed by atoms with Crippen molar-refractivity contribution in [2.75, 3.05) is 25.1 Å². The molecule has 0 aromatic carbocycles. The van der Waals surface area contributed by atoms with Crippen molar-refractivity contribution in [3.63, 3.8) is 0 Å². The largest absolute Gasteiger partial charge is 0.375 e. The van der Waals surface area contributed by atoms with Crippen LogP contribution in [0.25, 0.3) is 0 Å². The third-order valence-electron chi connectivity index (χ3n) is 2.57. The van der Waals surface area contributed by atoms with Gasteiger partial charge in [-0.25, -0.2) is 9.97 Å². The highest BCUT2D eigenvalue weighted by atomic mass is 79.9. The number of aromatic nitrogens is 2. The number of hydrogen-bond acceptors (Lipinski definition) is 4. The highest BCUT2D eigenvalue weighted by Gasteiger charge is 2.40. The molecule has 0 spiro atoms. The quantitative estimate of drug-likeness (QED) is 0.783. The summed E-state index contributed by atoms with van der Waals surface area (Å²) in [5.41, 5.74) is -0.0726. The van der Waals surface area contributed by atoms with E-state index in [9.17, 15) is 0 Å². The Labute approximate surface area is 102 Å². The topological polar surface area (TPSA) is 38.2 Å². The summed E-state index contributed by atoms with van der Waals surface area (Å²) in [5.74, 6) is 0.824. The van der Waals surface area contributed by atoms with E-state index in [4.69, 9.17) is 16.3 Å². The Morgan fingerprint density at radius 3 is 2.80 bits per heavy atom. The fourth-order valence-corrected chi connectivity index (χ4v) is 2.18. The predicted molar refractivity (Wildman–Crippen MR) is 62.4 cm³/mol. The third kappa shape index (κ3) is 1.96. The zero-order chi connectivity index (χ0) is 11.1. The van der Waals surface area contributed by atoms with Gasteiger partial charge in [-0.3, -0.25) is 0 Å². The Balaban J connectivity index is 2.17. The van der Waals surface area contributed by atoms with Gasteiger partial charge in [-0.05, 0) is 22.9 Å². The van der Waals surface area contributed by atoms with Crippen LogP contribution in [0.4, 0.5) is 5.82 Å². The molecule has 0 aliphatic carbocycles. The van der Waals surface area contributed by atoms with E-state index in [1.807, 2.05) is 0 Å². The van der Waals surface area contributed by atoms with E-state index >= 15 is 0 Å². The highest BCUT2D eigenvalue weighted by molar-refractivity contribution is 9.10. The fraction of sp³-hybridized carbons (Fsp3) is 0.556. The molecule has 0 unspecified atom stereocenters. The Morgan fingerprint density at radius 1 is 1.53 bits per heavy atom. The van der Waals surface area contributed by atoms with Crippen molar-refractivity contribution in [3.8, 4) is 0 Å². The number of hydrogen-bond donors (Lipinski definition) is 0. The second-order valence-electron chi connectivity index (χ2n) is 3.81. The maximum absolute atomic E-state index is 5.89. The molecule has 2 rings (SSSR count). The molecular weight excluding hydrogens is 281 g/mol. The molecule has 0 atom stereocenters. The first-order chi connectivity index (χ1) is 7.06. The second-order valence-corrected chi connectivity index (χ2v) is 4.96. The zero-order valence-corrected chi connectivity index (χ0v) is 10.8. The molecule has 1 aliphatic rings. The molecule has 1 fully saturated rings. The van der Waals surface area contributed by atoms with Crippen LogP contribution < -0.4 is 4.90 Å². The minimum Gasteiger partial charge on any atom is -0.375 e. The molecule has 0 N–H and O–H groups in total. The van der Waals surface area contributed by atoms with Crippen LogP contribution in [0.2, 0.25) is 5.15 Å². The maximum atomic E-state index is 5.89. The summed E-state index contributed by atoms with van der Waals surface area (Å²) in [4.78, 5) is 10.2. The Bertz CT molecular complexity index is 382. The van der Waals surface area contributed by atoms with E-state index in [0.717, 1.165) is 23.4 Å². The third-order valence-corrected chi connectivity index (χ3v) is 3.82. The number of nitrogens with zero attached hydrogens (tertiary/aromatic N) is 3. The molecular formula is C9H11BrClN3O. The summed E-state index contributed by atoms with van der Waals surface area (Å²) >= 11 is 9.26. The van der Waals surface area contributed by atoms with Gasteiger partial charge in [-0.15, -0.1) is 0 Å². The smallest absolute Gasteiger partial charge is 0.148 e. The van der Waals surface area contributed by atoms with Crippen LogP contribution in [0, 0.1) is 0 Å². The van der Waals surface area contributed by atoms with Gasteiger partial charge in [0.2, 0.25) is 0 Å². The average Bonchev–Trinajstić information content (AvgIpc) is 2.18. The molecule has 1 aliphatic heterocycles. The van der Waals surface area contributed by atoms with Crippen LogP contribution in [0.3, 0.4) is 0 Å². The van der Waals surface area contributed by atoms with E-state index < -0.39 is 0 Å². The van der Waals surface area contributed by atoms with Crippen molar-refractivity contribution < 1.29 is 4.74 Å². The monoisotopic (exact) mass is 291 g/mol. The lowest BCUT2D eigenvalue weighted by molar-refractivity contribution is -0.0172. The maximum Gasteiger partial charge on any atom is 0.148 e. The Hall–Kier alpha value is -0.390. The average molecular weight is 293 g/mol.